The maximum atomic E-state index is 12.1. The van der Waals surface area contributed by atoms with Crippen LogP contribution in [0.25, 0.3) is 0 Å². The molecule has 2 aliphatic rings. The lowest BCUT2D eigenvalue weighted by Gasteiger charge is -2.29. The van der Waals surface area contributed by atoms with Crippen molar-refractivity contribution in [2.45, 2.75) is 25.0 Å². The van der Waals surface area contributed by atoms with Gasteiger partial charge >= 0.3 is 6.03 Å². The first-order valence-electron chi connectivity index (χ1n) is 6.81. The molecule has 0 atom stereocenters. The zero-order valence-corrected chi connectivity index (χ0v) is 11.5. The molecule has 1 aromatic carbocycles. The molecule has 1 saturated heterocycles. The highest BCUT2D eigenvalue weighted by atomic mass is 16.5. The maximum absolute atomic E-state index is 12.1. The predicted molar refractivity (Wildman–Crippen MR) is 73.6 cm³/mol. The summed E-state index contributed by atoms with van der Waals surface area (Å²) in [4.78, 5) is 13.9. The van der Waals surface area contributed by atoms with Crippen molar-refractivity contribution in [2.75, 3.05) is 20.2 Å². The van der Waals surface area contributed by atoms with Crippen LogP contribution in [0.4, 0.5) is 4.79 Å². The SMILES string of the molecule is COc1ccc(CNC(=O)N2CCC3(CC2)N=N3)cc1. The molecule has 1 aromatic rings. The molecule has 2 amide bonds. The Morgan fingerprint density at radius 2 is 1.95 bits per heavy atom. The molecule has 0 aliphatic carbocycles. The third-order valence-corrected chi connectivity index (χ3v) is 3.84. The summed E-state index contributed by atoms with van der Waals surface area (Å²) in [5.74, 6) is 0.818. The average Bonchev–Trinajstić information content (AvgIpc) is 3.25. The Labute approximate surface area is 117 Å². The zero-order valence-electron chi connectivity index (χ0n) is 11.5. The second-order valence-electron chi connectivity index (χ2n) is 5.18. The van der Waals surface area contributed by atoms with Gasteiger partial charge in [-0.05, 0) is 17.7 Å². The molecule has 2 heterocycles. The van der Waals surface area contributed by atoms with Crippen LogP contribution in [0.2, 0.25) is 0 Å². The smallest absolute Gasteiger partial charge is 0.317 e. The number of carbonyl (C=O) groups is 1. The fourth-order valence-electron chi connectivity index (χ4n) is 2.37. The van der Waals surface area contributed by atoms with E-state index < -0.39 is 0 Å². The number of benzene rings is 1. The summed E-state index contributed by atoms with van der Waals surface area (Å²) in [7, 11) is 1.64. The normalized spacial score (nSPS) is 18.9. The van der Waals surface area contributed by atoms with E-state index in [1.54, 1.807) is 7.11 Å². The molecule has 6 nitrogen and oxygen atoms in total. The lowest BCUT2D eigenvalue weighted by Crippen LogP contribution is -2.46. The molecule has 2 aliphatic heterocycles. The van der Waals surface area contributed by atoms with Gasteiger partial charge in [0.25, 0.3) is 0 Å². The minimum atomic E-state index is -0.132. The highest BCUT2D eigenvalue weighted by molar-refractivity contribution is 5.74. The van der Waals surface area contributed by atoms with Gasteiger partial charge in [-0.1, -0.05) is 12.1 Å². The number of amides is 2. The van der Waals surface area contributed by atoms with Crippen LogP contribution < -0.4 is 10.1 Å². The van der Waals surface area contributed by atoms with E-state index >= 15 is 0 Å². The van der Waals surface area contributed by atoms with Gasteiger partial charge in [-0.15, -0.1) is 0 Å². The summed E-state index contributed by atoms with van der Waals surface area (Å²) in [6, 6.07) is 7.67. The van der Waals surface area contributed by atoms with Crippen LogP contribution in [-0.2, 0) is 6.54 Å². The van der Waals surface area contributed by atoms with Crippen molar-refractivity contribution >= 4 is 6.03 Å². The Morgan fingerprint density at radius 3 is 2.50 bits per heavy atom. The quantitative estimate of drug-likeness (QED) is 0.917. The molecule has 0 unspecified atom stereocenters. The van der Waals surface area contributed by atoms with Gasteiger partial charge in [-0.3, -0.25) is 0 Å². The predicted octanol–water partition coefficient (Wildman–Crippen LogP) is 2.16. The number of ether oxygens (including phenoxy) is 1. The van der Waals surface area contributed by atoms with Crippen molar-refractivity contribution in [2.24, 2.45) is 10.2 Å². The molecule has 1 fully saturated rings. The Balaban J connectivity index is 1.46. The van der Waals surface area contributed by atoms with Gasteiger partial charge < -0.3 is 15.0 Å². The van der Waals surface area contributed by atoms with E-state index in [-0.39, 0.29) is 11.7 Å². The number of methoxy groups -OCH3 is 1. The molecule has 0 bridgehead atoms. The number of hydrogen-bond acceptors (Lipinski definition) is 4. The molecule has 6 heteroatoms. The average molecular weight is 274 g/mol. The maximum Gasteiger partial charge on any atom is 0.317 e. The second-order valence-corrected chi connectivity index (χ2v) is 5.18. The highest BCUT2D eigenvalue weighted by Gasteiger charge is 2.43. The Morgan fingerprint density at radius 1 is 1.30 bits per heavy atom. The van der Waals surface area contributed by atoms with Crippen LogP contribution in [0.3, 0.4) is 0 Å². The summed E-state index contributed by atoms with van der Waals surface area (Å²) in [5.41, 5.74) is 0.923. The minimum absolute atomic E-state index is 0.0173. The number of carbonyl (C=O) groups excluding carboxylic acids is 1. The van der Waals surface area contributed by atoms with Gasteiger partial charge in [-0.25, -0.2) is 4.79 Å². The topological polar surface area (TPSA) is 66.3 Å². The first-order chi connectivity index (χ1) is 9.71. The number of nitrogens with one attached hydrogen (secondary N) is 1. The molecule has 3 rings (SSSR count). The summed E-state index contributed by atoms with van der Waals surface area (Å²) in [6.07, 6.45) is 1.70. The Kier molecular flexibility index (Phi) is 3.30. The standard InChI is InChI=1S/C14H18N4O2/c1-20-12-4-2-11(3-5-12)10-15-13(19)18-8-6-14(7-9-18)16-17-14/h2-5H,6-10H2,1H3,(H,15,19). The number of likely N-dealkylation sites (tertiary alicyclic amines) is 1. The molecule has 0 radical (unpaired) electrons. The van der Waals surface area contributed by atoms with Crippen molar-refractivity contribution in [3.8, 4) is 5.75 Å². The number of hydrogen-bond donors (Lipinski definition) is 1. The van der Waals surface area contributed by atoms with E-state index in [1.807, 2.05) is 29.2 Å². The van der Waals surface area contributed by atoms with Crippen LogP contribution >= 0.6 is 0 Å². The van der Waals surface area contributed by atoms with Gasteiger partial charge in [0.15, 0.2) is 5.66 Å². The molecule has 106 valence electrons. The second kappa shape index (κ2) is 5.11. The third kappa shape index (κ3) is 2.74. The van der Waals surface area contributed by atoms with Crippen molar-refractivity contribution in [3.05, 3.63) is 29.8 Å². The van der Waals surface area contributed by atoms with Crippen LogP contribution in [-0.4, -0.2) is 36.8 Å². The lowest BCUT2D eigenvalue weighted by atomic mass is 10.0. The monoisotopic (exact) mass is 274 g/mol. The third-order valence-electron chi connectivity index (χ3n) is 3.84. The molecule has 1 spiro atoms. The van der Waals surface area contributed by atoms with Gasteiger partial charge in [-0.2, -0.15) is 10.2 Å². The first-order valence-corrected chi connectivity index (χ1v) is 6.81. The van der Waals surface area contributed by atoms with E-state index in [9.17, 15) is 4.79 Å². The molecular weight excluding hydrogens is 256 g/mol. The number of urea groups is 1. The molecule has 0 aromatic heterocycles. The van der Waals surface area contributed by atoms with Crippen molar-refractivity contribution in [1.82, 2.24) is 10.2 Å². The van der Waals surface area contributed by atoms with Crippen molar-refractivity contribution in [3.63, 3.8) is 0 Å². The largest absolute Gasteiger partial charge is 0.497 e. The summed E-state index contributed by atoms with van der Waals surface area (Å²) in [6.45, 7) is 1.97. The molecule has 0 saturated carbocycles. The van der Waals surface area contributed by atoms with Crippen LogP contribution in [0.1, 0.15) is 18.4 Å². The summed E-state index contributed by atoms with van der Waals surface area (Å²) < 4.78 is 5.10. The highest BCUT2D eigenvalue weighted by Crippen LogP contribution is 2.38. The van der Waals surface area contributed by atoms with E-state index in [0.717, 1.165) is 37.2 Å². The van der Waals surface area contributed by atoms with E-state index in [0.29, 0.717) is 6.54 Å². The first kappa shape index (κ1) is 12.9. The van der Waals surface area contributed by atoms with E-state index in [4.69, 9.17) is 4.74 Å². The van der Waals surface area contributed by atoms with Crippen LogP contribution in [0.15, 0.2) is 34.5 Å². The molecule has 1 N–H and O–H groups in total. The summed E-state index contributed by atoms with van der Waals surface area (Å²) >= 11 is 0. The number of nitrogens with zero attached hydrogens (tertiary/aromatic N) is 3. The Bertz CT molecular complexity index is 510. The van der Waals surface area contributed by atoms with Crippen LogP contribution in [0, 0.1) is 0 Å². The lowest BCUT2D eigenvalue weighted by molar-refractivity contribution is 0.175. The van der Waals surface area contributed by atoms with E-state index in [1.165, 1.54) is 0 Å². The Hall–Kier alpha value is -2.11. The minimum Gasteiger partial charge on any atom is -0.497 e. The fourth-order valence-corrected chi connectivity index (χ4v) is 2.37. The van der Waals surface area contributed by atoms with Gasteiger partial charge in [0.2, 0.25) is 0 Å². The van der Waals surface area contributed by atoms with Crippen LogP contribution in [0.5, 0.6) is 5.75 Å². The molecular formula is C14H18N4O2. The van der Waals surface area contributed by atoms with E-state index in [2.05, 4.69) is 15.5 Å². The molecule has 20 heavy (non-hydrogen) atoms. The summed E-state index contributed by atoms with van der Waals surface area (Å²) in [5, 5.41) is 11.0. The fraction of sp³-hybridized carbons (Fsp3) is 0.500. The number of piperidine rings is 1. The van der Waals surface area contributed by atoms with Crippen molar-refractivity contribution < 1.29 is 9.53 Å². The van der Waals surface area contributed by atoms with Gasteiger partial charge in [0.1, 0.15) is 5.75 Å². The van der Waals surface area contributed by atoms with Crippen molar-refractivity contribution in [1.29, 1.82) is 0 Å². The zero-order chi connectivity index (χ0) is 14.0. The van der Waals surface area contributed by atoms with Gasteiger partial charge in [0.05, 0.1) is 7.11 Å². The number of rotatable bonds is 3. The van der Waals surface area contributed by atoms with Gasteiger partial charge in [0, 0.05) is 32.5 Å².